The van der Waals surface area contributed by atoms with Gasteiger partial charge in [0.25, 0.3) is 0 Å². The third-order valence-corrected chi connectivity index (χ3v) is 6.51. The average molecular weight is 361 g/mol. The number of benzene rings is 1. The number of hydrogen-bond donors (Lipinski definition) is 2. The van der Waals surface area contributed by atoms with Crippen LogP contribution in [0.1, 0.15) is 31.7 Å². The molecule has 0 spiro atoms. The lowest BCUT2D eigenvalue weighted by molar-refractivity contribution is 0.414. The topological polar surface area (TPSA) is 72.2 Å². The molecule has 2 rings (SSSR count). The zero-order valence-electron chi connectivity index (χ0n) is 11.6. The van der Waals surface area contributed by atoms with E-state index in [0.29, 0.717) is 29.4 Å². The van der Waals surface area contributed by atoms with E-state index in [0.717, 1.165) is 12.0 Å². The minimum atomic E-state index is -3.49. The summed E-state index contributed by atoms with van der Waals surface area (Å²) in [7, 11) is -3.49. The monoisotopic (exact) mass is 360 g/mol. The van der Waals surface area contributed by atoms with Crippen LogP contribution in [0.4, 0.5) is 0 Å². The molecule has 3 N–H and O–H groups in total. The van der Waals surface area contributed by atoms with E-state index in [-0.39, 0.29) is 4.90 Å². The van der Waals surface area contributed by atoms with Gasteiger partial charge in [0.1, 0.15) is 0 Å². The van der Waals surface area contributed by atoms with Gasteiger partial charge in [-0.1, -0.05) is 25.8 Å². The molecule has 6 heteroatoms. The first-order valence-corrected chi connectivity index (χ1v) is 9.20. The lowest BCUT2D eigenvalue weighted by atomic mass is 9.99. The van der Waals surface area contributed by atoms with Gasteiger partial charge in [0.2, 0.25) is 10.0 Å². The average Bonchev–Trinajstić information content (AvgIpc) is 2.82. The summed E-state index contributed by atoms with van der Waals surface area (Å²) >= 11 is 3.30. The molecular weight excluding hydrogens is 340 g/mol. The highest BCUT2D eigenvalue weighted by Crippen LogP contribution is 2.31. The lowest BCUT2D eigenvalue weighted by Gasteiger charge is -2.16. The SMILES string of the molecule is CC1CCCC1CNS(=O)(=O)c1cc(CN)ccc1Br. The third-order valence-electron chi connectivity index (χ3n) is 4.10. The van der Waals surface area contributed by atoms with Gasteiger partial charge in [-0.25, -0.2) is 13.1 Å². The molecule has 20 heavy (non-hydrogen) atoms. The molecule has 1 aliphatic rings. The van der Waals surface area contributed by atoms with E-state index in [9.17, 15) is 8.42 Å². The van der Waals surface area contributed by atoms with Crippen molar-refractivity contribution in [3.8, 4) is 0 Å². The number of hydrogen-bond acceptors (Lipinski definition) is 3. The van der Waals surface area contributed by atoms with Crippen LogP contribution in [0.5, 0.6) is 0 Å². The Kier molecular flexibility index (Phi) is 5.23. The number of nitrogens with two attached hydrogens (primary N) is 1. The zero-order chi connectivity index (χ0) is 14.8. The number of halogens is 1. The summed E-state index contributed by atoms with van der Waals surface area (Å²) in [4.78, 5) is 0.270. The van der Waals surface area contributed by atoms with E-state index < -0.39 is 10.0 Å². The Morgan fingerprint density at radius 2 is 2.15 bits per heavy atom. The maximum Gasteiger partial charge on any atom is 0.241 e. The second-order valence-corrected chi connectivity index (χ2v) is 8.08. The molecule has 0 aromatic heterocycles. The van der Waals surface area contributed by atoms with Crippen LogP contribution in [0.3, 0.4) is 0 Å². The Balaban J connectivity index is 2.13. The number of nitrogens with one attached hydrogen (secondary N) is 1. The maximum atomic E-state index is 12.4. The second kappa shape index (κ2) is 6.56. The van der Waals surface area contributed by atoms with Crippen LogP contribution in [0.15, 0.2) is 27.6 Å². The normalized spacial score (nSPS) is 23.1. The van der Waals surface area contributed by atoms with Crippen LogP contribution in [-0.4, -0.2) is 15.0 Å². The first-order valence-electron chi connectivity index (χ1n) is 6.92. The van der Waals surface area contributed by atoms with E-state index in [4.69, 9.17) is 5.73 Å². The highest BCUT2D eigenvalue weighted by atomic mass is 79.9. The van der Waals surface area contributed by atoms with Gasteiger partial charge in [0, 0.05) is 17.6 Å². The van der Waals surface area contributed by atoms with Gasteiger partial charge < -0.3 is 5.73 Å². The lowest BCUT2D eigenvalue weighted by Crippen LogP contribution is -2.30. The van der Waals surface area contributed by atoms with Crippen LogP contribution in [0.25, 0.3) is 0 Å². The van der Waals surface area contributed by atoms with Gasteiger partial charge in [-0.3, -0.25) is 0 Å². The van der Waals surface area contributed by atoms with Crippen LogP contribution in [0, 0.1) is 11.8 Å². The Bertz CT molecular complexity index is 575. The molecule has 0 bridgehead atoms. The van der Waals surface area contributed by atoms with Gasteiger partial charge in [0.15, 0.2) is 0 Å². The van der Waals surface area contributed by atoms with Crippen molar-refractivity contribution in [3.63, 3.8) is 0 Å². The van der Waals surface area contributed by atoms with Crippen molar-refractivity contribution >= 4 is 26.0 Å². The molecule has 0 amide bonds. The predicted molar refractivity (Wildman–Crippen MR) is 83.7 cm³/mol. The summed E-state index contributed by atoms with van der Waals surface area (Å²) in [5.41, 5.74) is 6.38. The van der Waals surface area contributed by atoms with Crippen molar-refractivity contribution in [3.05, 3.63) is 28.2 Å². The fourth-order valence-corrected chi connectivity index (χ4v) is 4.81. The molecule has 1 aromatic carbocycles. The first-order chi connectivity index (χ1) is 9.44. The first kappa shape index (κ1) is 15.9. The summed E-state index contributed by atoms with van der Waals surface area (Å²) < 4.78 is 28.1. The van der Waals surface area contributed by atoms with Gasteiger partial charge in [-0.2, -0.15) is 0 Å². The minimum Gasteiger partial charge on any atom is -0.326 e. The van der Waals surface area contributed by atoms with Gasteiger partial charge in [-0.05, 0) is 51.9 Å². The second-order valence-electron chi connectivity index (χ2n) is 5.49. The fraction of sp³-hybridized carbons (Fsp3) is 0.571. The molecule has 2 atom stereocenters. The zero-order valence-corrected chi connectivity index (χ0v) is 14.0. The standard InChI is InChI=1S/C14H21BrN2O2S/c1-10-3-2-4-12(10)9-17-20(18,19)14-7-11(8-16)5-6-13(14)15/h5-7,10,12,17H,2-4,8-9,16H2,1H3. The summed E-state index contributed by atoms with van der Waals surface area (Å²) in [6, 6.07) is 5.18. The van der Waals surface area contributed by atoms with Crippen molar-refractivity contribution < 1.29 is 8.42 Å². The van der Waals surface area contributed by atoms with E-state index >= 15 is 0 Å². The smallest absolute Gasteiger partial charge is 0.241 e. The van der Waals surface area contributed by atoms with Crippen LogP contribution >= 0.6 is 15.9 Å². The van der Waals surface area contributed by atoms with Gasteiger partial charge in [-0.15, -0.1) is 0 Å². The summed E-state index contributed by atoms with van der Waals surface area (Å²) in [5.74, 6) is 1.04. The third kappa shape index (κ3) is 3.61. The van der Waals surface area contributed by atoms with Gasteiger partial charge in [0.05, 0.1) is 4.90 Å². The molecule has 0 radical (unpaired) electrons. The molecule has 0 heterocycles. The summed E-state index contributed by atoms with van der Waals surface area (Å²) in [6.45, 7) is 3.04. The molecule has 4 nitrogen and oxygen atoms in total. The minimum absolute atomic E-state index is 0.270. The molecule has 1 saturated carbocycles. The Hall–Kier alpha value is -0.430. The quantitative estimate of drug-likeness (QED) is 0.847. The van der Waals surface area contributed by atoms with Gasteiger partial charge >= 0.3 is 0 Å². The molecule has 1 aliphatic carbocycles. The Morgan fingerprint density at radius 1 is 1.40 bits per heavy atom. The van der Waals surface area contributed by atoms with E-state index in [2.05, 4.69) is 27.6 Å². The highest BCUT2D eigenvalue weighted by molar-refractivity contribution is 9.10. The number of rotatable bonds is 5. The Morgan fingerprint density at radius 3 is 2.75 bits per heavy atom. The van der Waals surface area contributed by atoms with Crippen LogP contribution in [0.2, 0.25) is 0 Å². The summed E-state index contributed by atoms with van der Waals surface area (Å²) in [6.07, 6.45) is 3.49. The summed E-state index contributed by atoms with van der Waals surface area (Å²) in [5, 5.41) is 0. The number of sulfonamides is 1. The van der Waals surface area contributed by atoms with E-state index in [1.165, 1.54) is 12.8 Å². The molecule has 1 fully saturated rings. The molecule has 112 valence electrons. The molecule has 0 aliphatic heterocycles. The van der Waals surface area contributed by atoms with Crippen molar-refractivity contribution in [2.24, 2.45) is 17.6 Å². The molecular formula is C14H21BrN2O2S. The highest BCUT2D eigenvalue weighted by Gasteiger charge is 2.26. The molecule has 2 unspecified atom stereocenters. The largest absolute Gasteiger partial charge is 0.326 e. The predicted octanol–water partition coefficient (Wildman–Crippen LogP) is 2.62. The van der Waals surface area contributed by atoms with E-state index in [1.807, 2.05) is 6.07 Å². The van der Waals surface area contributed by atoms with Crippen molar-refractivity contribution in [1.29, 1.82) is 0 Å². The maximum absolute atomic E-state index is 12.4. The van der Waals surface area contributed by atoms with Crippen LogP contribution in [-0.2, 0) is 16.6 Å². The van der Waals surface area contributed by atoms with Crippen molar-refractivity contribution in [2.45, 2.75) is 37.6 Å². The van der Waals surface area contributed by atoms with Crippen molar-refractivity contribution in [1.82, 2.24) is 4.72 Å². The fourth-order valence-electron chi connectivity index (χ4n) is 2.70. The van der Waals surface area contributed by atoms with E-state index in [1.54, 1.807) is 12.1 Å². The Labute approximate surface area is 129 Å². The van der Waals surface area contributed by atoms with Crippen LogP contribution < -0.4 is 10.5 Å². The van der Waals surface area contributed by atoms with Crippen molar-refractivity contribution in [2.75, 3.05) is 6.54 Å². The molecule has 0 saturated heterocycles. The molecule has 1 aromatic rings.